The van der Waals surface area contributed by atoms with Crippen molar-refractivity contribution in [3.8, 4) is 5.69 Å². The lowest BCUT2D eigenvalue weighted by atomic mass is 9.79. The number of Topliss-reactive ketones (excluding diaryl/α,β-unsaturated/α-hetero) is 1. The summed E-state index contributed by atoms with van der Waals surface area (Å²) in [5.74, 6) is 0.168. The highest BCUT2D eigenvalue weighted by molar-refractivity contribution is 7.11. The van der Waals surface area contributed by atoms with Gasteiger partial charge in [-0.15, -0.1) is 11.3 Å². The fourth-order valence-corrected chi connectivity index (χ4v) is 5.84. The van der Waals surface area contributed by atoms with E-state index in [1.807, 2.05) is 10.9 Å². The summed E-state index contributed by atoms with van der Waals surface area (Å²) in [4.78, 5) is 21.4. The number of ether oxygens (including phenoxy) is 2. The van der Waals surface area contributed by atoms with Crippen molar-refractivity contribution in [2.75, 3.05) is 46.1 Å². The van der Waals surface area contributed by atoms with Gasteiger partial charge >= 0.3 is 0 Å². The number of carbonyl (C=O) groups is 1. The molecule has 0 aliphatic carbocycles. The van der Waals surface area contributed by atoms with Gasteiger partial charge in [0.1, 0.15) is 10.8 Å². The number of benzene rings is 1. The van der Waals surface area contributed by atoms with Gasteiger partial charge in [0.05, 0.1) is 36.7 Å². The molecule has 2 fully saturated rings. The van der Waals surface area contributed by atoms with E-state index in [4.69, 9.17) is 14.6 Å². The monoisotopic (exact) mass is 508 g/mol. The molecule has 0 atom stereocenters. The molecule has 0 saturated carbocycles. The minimum absolute atomic E-state index is 0.0311. The number of aromatic nitrogens is 3. The Bertz CT molecular complexity index is 1160. The quantitative estimate of drug-likeness (QED) is 0.436. The van der Waals surface area contributed by atoms with Crippen LogP contribution in [0.2, 0.25) is 0 Å². The van der Waals surface area contributed by atoms with Crippen molar-refractivity contribution in [2.24, 2.45) is 0 Å². The average Bonchev–Trinajstić information content (AvgIpc) is 3.52. The largest absolute Gasteiger partial charge is 0.381 e. The van der Waals surface area contributed by atoms with E-state index in [9.17, 15) is 4.79 Å². The highest BCUT2D eigenvalue weighted by Crippen LogP contribution is 2.34. The molecule has 2 saturated heterocycles. The normalized spacial score (nSPS) is 18.4. The molecule has 0 N–H and O–H groups in total. The number of nitrogens with zero attached hydrogens (tertiary/aromatic N) is 4. The molecule has 2 aliphatic rings. The molecule has 4 heterocycles. The Morgan fingerprint density at radius 2 is 1.78 bits per heavy atom. The Kier molecular flexibility index (Phi) is 7.96. The van der Waals surface area contributed by atoms with Crippen LogP contribution in [0.3, 0.4) is 0 Å². The van der Waals surface area contributed by atoms with Crippen LogP contribution in [0.1, 0.15) is 46.6 Å². The van der Waals surface area contributed by atoms with Crippen LogP contribution < -0.4 is 0 Å². The van der Waals surface area contributed by atoms with Crippen molar-refractivity contribution in [2.45, 2.75) is 51.4 Å². The average molecular weight is 509 g/mol. The number of ketones is 1. The van der Waals surface area contributed by atoms with Crippen LogP contribution in [0, 0.1) is 6.92 Å². The first-order chi connectivity index (χ1) is 17.5. The van der Waals surface area contributed by atoms with Gasteiger partial charge in [-0.25, -0.2) is 9.67 Å². The smallest absolute Gasteiger partial charge is 0.145 e. The van der Waals surface area contributed by atoms with Gasteiger partial charge in [-0.05, 0) is 44.4 Å². The SMILES string of the molecule is Cc1ccc(-n2nc(C3(C)CCOCC3)cc2CC(=O)Cc2ncc(CCN3CCOCC3)s2)cc1. The van der Waals surface area contributed by atoms with Gasteiger partial charge in [-0.1, -0.05) is 24.6 Å². The number of morpholine rings is 1. The van der Waals surface area contributed by atoms with Crippen molar-refractivity contribution in [3.05, 3.63) is 63.4 Å². The van der Waals surface area contributed by atoms with E-state index in [0.29, 0.717) is 12.8 Å². The number of aryl methyl sites for hydroxylation is 1. The molecule has 2 aromatic heterocycles. The zero-order valence-electron chi connectivity index (χ0n) is 21.4. The topological polar surface area (TPSA) is 69.5 Å². The fourth-order valence-electron chi connectivity index (χ4n) is 4.90. The lowest BCUT2D eigenvalue weighted by Crippen LogP contribution is -2.37. The molecule has 192 valence electrons. The van der Waals surface area contributed by atoms with Crippen molar-refractivity contribution in [1.29, 1.82) is 0 Å². The lowest BCUT2D eigenvalue weighted by Gasteiger charge is -2.31. The second-order valence-corrected chi connectivity index (χ2v) is 11.5. The number of hydrogen-bond donors (Lipinski definition) is 0. The third-order valence-corrected chi connectivity index (χ3v) is 8.44. The van der Waals surface area contributed by atoms with Gasteiger partial charge in [-0.2, -0.15) is 5.10 Å². The molecule has 3 aromatic rings. The molecule has 0 bridgehead atoms. The summed E-state index contributed by atoms with van der Waals surface area (Å²) >= 11 is 1.66. The van der Waals surface area contributed by atoms with Crippen LogP contribution in [0.5, 0.6) is 0 Å². The van der Waals surface area contributed by atoms with Gasteiger partial charge < -0.3 is 9.47 Å². The van der Waals surface area contributed by atoms with Crippen LogP contribution in [0.25, 0.3) is 5.69 Å². The first kappa shape index (κ1) is 25.3. The Morgan fingerprint density at radius 1 is 1.06 bits per heavy atom. The van der Waals surface area contributed by atoms with Crippen molar-refractivity contribution in [3.63, 3.8) is 0 Å². The van der Waals surface area contributed by atoms with E-state index in [1.54, 1.807) is 11.3 Å². The Morgan fingerprint density at radius 3 is 2.53 bits per heavy atom. The van der Waals surface area contributed by atoms with Crippen LogP contribution in [-0.4, -0.2) is 71.5 Å². The molecule has 0 amide bonds. The minimum Gasteiger partial charge on any atom is -0.381 e. The first-order valence-electron chi connectivity index (χ1n) is 13.0. The first-order valence-corrected chi connectivity index (χ1v) is 13.8. The Labute approximate surface area is 217 Å². The number of hydrogen-bond acceptors (Lipinski definition) is 7. The predicted molar refractivity (Wildman–Crippen MR) is 141 cm³/mol. The molecule has 36 heavy (non-hydrogen) atoms. The maximum Gasteiger partial charge on any atom is 0.145 e. The molecule has 0 unspecified atom stereocenters. The summed E-state index contributed by atoms with van der Waals surface area (Å²) in [6.07, 6.45) is 5.50. The van der Waals surface area contributed by atoms with Crippen LogP contribution in [0.4, 0.5) is 0 Å². The van der Waals surface area contributed by atoms with E-state index in [-0.39, 0.29) is 11.2 Å². The standard InChI is InChI=1S/C28H36N4O3S/c1-21-3-5-22(6-4-21)32-23(18-26(30-32)28(2)8-13-34-14-9-28)17-24(33)19-27-29-20-25(36-27)7-10-31-11-15-35-16-12-31/h3-6,18,20H,7-17,19H2,1-2H3. The summed E-state index contributed by atoms with van der Waals surface area (Å²) in [7, 11) is 0. The second kappa shape index (κ2) is 11.3. The molecular weight excluding hydrogens is 472 g/mol. The van der Waals surface area contributed by atoms with E-state index in [0.717, 1.165) is 87.4 Å². The van der Waals surface area contributed by atoms with Crippen LogP contribution >= 0.6 is 11.3 Å². The molecule has 8 heteroatoms. The van der Waals surface area contributed by atoms with Crippen molar-refractivity contribution in [1.82, 2.24) is 19.7 Å². The van der Waals surface area contributed by atoms with Crippen LogP contribution in [0.15, 0.2) is 36.5 Å². The molecule has 7 nitrogen and oxygen atoms in total. The molecule has 0 radical (unpaired) electrons. The molecular formula is C28H36N4O3S. The third kappa shape index (κ3) is 6.11. The summed E-state index contributed by atoms with van der Waals surface area (Å²) in [6.45, 7) is 10.5. The zero-order chi connectivity index (χ0) is 25.0. The maximum absolute atomic E-state index is 13.2. The summed E-state index contributed by atoms with van der Waals surface area (Å²) < 4.78 is 13.0. The van der Waals surface area contributed by atoms with E-state index >= 15 is 0 Å². The number of rotatable bonds is 9. The van der Waals surface area contributed by atoms with Gasteiger partial charge in [0.2, 0.25) is 0 Å². The number of carbonyl (C=O) groups excluding carboxylic acids is 1. The van der Waals surface area contributed by atoms with Crippen molar-refractivity contribution >= 4 is 17.1 Å². The highest BCUT2D eigenvalue weighted by Gasteiger charge is 2.33. The third-order valence-electron chi connectivity index (χ3n) is 7.38. The Hall–Kier alpha value is -2.39. The summed E-state index contributed by atoms with van der Waals surface area (Å²) in [5, 5.41) is 5.92. The van der Waals surface area contributed by atoms with Gasteiger partial charge in [0, 0.05) is 55.8 Å². The predicted octanol–water partition coefficient (Wildman–Crippen LogP) is 3.93. The summed E-state index contributed by atoms with van der Waals surface area (Å²) in [6, 6.07) is 10.5. The lowest BCUT2D eigenvalue weighted by molar-refractivity contribution is -0.117. The second-order valence-electron chi connectivity index (χ2n) is 10.3. The highest BCUT2D eigenvalue weighted by atomic mass is 32.1. The maximum atomic E-state index is 13.2. The van der Waals surface area contributed by atoms with E-state index in [2.05, 4.69) is 54.1 Å². The summed E-state index contributed by atoms with van der Waals surface area (Å²) in [5.41, 5.74) is 4.15. The van der Waals surface area contributed by atoms with E-state index < -0.39 is 0 Å². The van der Waals surface area contributed by atoms with Gasteiger partial charge in [-0.3, -0.25) is 9.69 Å². The minimum atomic E-state index is -0.0311. The molecule has 5 rings (SSSR count). The number of thiazole rings is 1. The fraction of sp³-hybridized carbons (Fsp3) is 0.536. The molecule has 1 aromatic carbocycles. The Balaban J connectivity index is 1.28. The zero-order valence-corrected chi connectivity index (χ0v) is 22.2. The van der Waals surface area contributed by atoms with Crippen LogP contribution in [-0.2, 0) is 38.9 Å². The van der Waals surface area contributed by atoms with Crippen molar-refractivity contribution < 1.29 is 14.3 Å². The molecule has 0 spiro atoms. The molecule has 2 aliphatic heterocycles. The van der Waals surface area contributed by atoms with E-state index in [1.165, 1.54) is 10.4 Å². The van der Waals surface area contributed by atoms with Gasteiger partial charge in [0.15, 0.2) is 0 Å². The van der Waals surface area contributed by atoms with Gasteiger partial charge in [0.25, 0.3) is 0 Å².